The molecule has 0 atom stereocenters. The Morgan fingerprint density at radius 1 is 1.06 bits per heavy atom. The van der Waals surface area contributed by atoms with Crippen molar-refractivity contribution < 1.29 is 50.0 Å². The first-order valence-electron chi connectivity index (χ1n) is 9.74. The third kappa shape index (κ3) is 3.35. The minimum absolute atomic E-state index is 0. The lowest BCUT2D eigenvalue weighted by Crippen LogP contribution is -3.00. The molecule has 5 rings (SSSR count). The van der Waals surface area contributed by atoms with Crippen molar-refractivity contribution in [1.29, 1.82) is 0 Å². The summed E-state index contributed by atoms with van der Waals surface area (Å²) in [5.41, 5.74) is 4.09. The van der Waals surface area contributed by atoms with Crippen LogP contribution < -0.4 is 40.5 Å². The van der Waals surface area contributed by atoms with Gasteiger partial charge in [-0.05, 0) is 29.8 Å². The van der Waals surface area contributed by atoms with Gasteiger partial charge in [0.1, 0.15) is 0 Å². The largest absolute Gasteiger partial charge is 1.00 e. The Morgan fingerprint density at radius 3 is 2.55 bits per heavy atom. The fourth-order valence-electron chi connectivity index (χ4n) is 4.40. The predicted molar refractivity (Wildman–Crippen MR) is 108 cm³/mol. The minimum atomic E-state index is -0.298. The average Bonchev–Trinajstić information content (AvgIpc) is 3.23. The highest BCUT2D eigenvalue weighted by Gasteiger charge is 2.33. The molecule has 0 fully saturated rings. The van der Waals surface area contributed by atoms with Gasteiger partial charge in [0.15, 0.2) is 35.7 Å². The minimum Gasteiger partial charge on any atom is -1.00 e. The molecule has 2 aliphatic rings. The zero-order chi connectivity index (χ0) is 20.8. The second-order valence-electron chi connectivity index (χ2n) is 7.28. The first kappa shape index (κ1) is 21.2. The first-order chi connectivity index (χ1) is 14.6. The summed E-state index contributed by atoms with van der Waals surface area (Å²) in [6, 6.07) is 7.89. The molecule has 8 heteroatoms. The van der Waals surface area contributed by atoms with Gasteiger partial charge < -0.3 is 40.7 Å². The second kappa shape index (κ2) is 8.26. The molecule has 3 heterocycles. The molecule has 162 valence electrons. The summed E-state index contributed by atoms with van der Waals surface area (Å²) in [5, 5.41) is 1.82. The van der Waals surface area contributed by atoms with E-state index in [1.165, 1.54) is 12.7 Å². The normalized spacial score (nSPS) is 13.1. The van der Waals surface area contributed by atoms with E-state index in [2.05, 4.69) is 10.8 Å². The van der Waals surface area contributed by atoms with E-state index in [1.807, 2.05) is 24.3 Å². The molecule has 0 saturated heterocycles. The van der Waals surface area contributed by atoms with E-state index in [0.717, 1.165) is 52.1 Å². The fourth-order valence-corrected chi connectivity index (χ4v) is 4.40. The van der Waals surface area contributed by atoms with Gasteiger partial charge in [-0.3, -0.25) is 4.79 Å². The lowest BCUT2D eigenvalue weighted by atomic mass is 9.90. The zero-order valence-electron chi connectivity index (χ0n) is 17.5. The Bertz CT molecular complexity index is 1190. The number of carbonyl (C=O) groups is 1. The molecule has 7 nitrogen and oxygen atoms in total. The number of carbonyl (C=O) groups excluding carboxylic acids is 1. The van der Waals surface area contributed by atoms with E-state index in [4.69, 9.17) is 23.7 Å². The maximum absolute atomic E-state index is 12.4. The average molecular weight is 488 g/mol. The van der Waals surface area contributed by atoms with Gasteiger partial charge >= 0.3 is 5.97 Å². The lowest BCUT2D eigenvalue weighted by Gasteiger charge is -2.20. The number of nitrogens with zero attached hydrogens (tertiary/aromatic N) is 1. The molecule has 0 unspecified atom stereocenters. The van der Waals surface area contributed by atoms with E-state index < -0.39 is 0 Å². The summed E-state index contributed by atoms with van der Waals surface area (Å²) in [5.74, 6) is 2.48. The lowest BCUT2D eigenvalue weighted by molar-refractivity contribution is -0.686. The highest BCUT2D eigenvalue weighted by molar-refractivity contribution is 5.97. The van der Waals surface area contributed by atoms with Crippen molar-refractivity contribution in [3.63, 3.8) is 0 Å². The summed E-state index contributed by atoms with van der Waals surface area (Å²) < 4.78 is 29.5. The van der Waals surface area contributed by atoms with Crippen LogP contribution in [0, 0.1) is 0 Å². The topological polar surface area (TPSA) is 67.1 Å². The number of esters is 1. The predicted octanol–water partition coefficient (Wildman–Crippen LogP) is -0.184. The monoisotopic (exact) mass is 487 g/mol. The molecule has 2 aromatic carbocycles. The van der Waals surface area contributed by atoms with Crippen molar-refractivity contribution in [2.45, 2.75) is 19.4 Å². The van der Waals surface area contributed by atoms with E-state index in [9.17, 15) is 4.79 Å². The van der Waals surface area contributed by atoms with Crippen molar-refractivity contribution in [2.75, 3.05) is 28.1 Å². The van der Waals surface area contributed by atoms with Crippen molar-refractivity contribution in [3.05, 3.63) is 41.6 Å². The van der Waals surface area contributed by atoms with Crippen LogP contribution in [0.25, 0.3) is 22.0 Å². The van der Waals surface area contributed by atoms with Crippen molar-refractivity contribution in [3.8, 4) is 34.3 Å². The maximum atomic E-state index is 12.4. The van der Waals surface area contributed by atoms with Gasteiger partial charge in [0.25, 0.3) is 0 Å². The smallest absolute Gasteiger partial charge is 0.310 e. The summed E-state index contributed by atoms with van der Waals surface area (Å²) in [6.07, 6.45) is 3.06. The molecule has 0 bridgehead atoms. The molecule has 0 saturated carbocycles. The number of rotatable bonds is 4. The van der Waals surface area contributed by atoms with Crippen LogP contribution in [0.1, 0.15) is 11.1 Å². The number of halogens is 1. The second-order valence-corrected chi connectivity index (χ2v) is 7.28. The Labute approximate surface area is 190 Å². The number of pyridine rings is 1. The van der Waals surface area contributed by atoms with Gasteiger partial charge in [-0.2, -0.15) is 4.57 Å². The summed E-state index contributed by atoms with van der Waals surface area (Å²) >= 11 is 0. The van der Waals surface area contributed by atoms with Gasteiger partial charge in [-0.15, -0.1) is 0 Å². The van der Waals surface area contributed by atoms with E-state index in [1.54, 1.807) is 14.2 Å². The summed E-state index contributed by atoms with van der Waals surface area (Å²) in [6.45, 7) is 0.994. The number of hydrogen-bond acceptors (Lipinski definition) is 6. The number of ether oxygens (including phenoxy) is 5. The maximum Gasteiger partial charge on any atom is 0.310 e. The summed E-state index contributed by atoms with van der Waals surface area (Å²) in [7, 11) is 4.64. The van der Waals surface area contributed by atoms with Crippen LogP contribution in [0.15, 0.2) is 30.5 Å². The molecule has 0 amide bonds. The van der Waals surface area contributed by atoms with Crippen LogP contribution in [0.3, 0.4) is 0 Å². The molecular weight excluding hydrogens is 466 g/mol. The molecule has 0 aliphatic carbocycles. The molecule has 0 spiro atoms. The number of hydrogen-bond donors (Lipinski definition) is 0. The number of fused-ring (bicyclic) bond motifs is 5. The van der Waals surface area contributed by atoms with Crippen LogP contribution in [-0.4, -0.2) is 34.1 Å². The summed E-state index contributed by atoms with van der Waals surface area (Å²) in [4.78, 5) is 12.4. The van der Waals surface area contributed by atoms with Crippen LogP contribution in [-0.2, 0) is 28.9 Å². The van der Waals surface area contributed by atoms with Gasteiger partial charge in [-0.1, -0.05) is 0 Å². The molecule has 31 heavy (non-hydrogen) atoms. The zero-order valence-corrected chi connectivity index (χ0v) is 19.1. The highest BCUT2D eigenvalue weighted by Crippen LogP contribution is 2.43. The quantitative estimate of drug-likeness (QED) is 0.375. The van der Waals surface area contributed by atoms with Crippen molar-refractivity contribution in [2.24, 2.45) is 0 Å². The van der Waals surface area contributed by atoms with Gasteiger partial charge in [0, 0.05) is 17.4 Å². The van der Waals surface area contributed by atoms with Gasteiger partial charge in [-0.25, -0.2) is 0 Å². The molecule has 0 N–H and O–H groups in total. The van der Waals surface area contributed by atoms with E-state index >= 15 is 0 Å². The van der Waals surface area contributed by atoms with Gasteiger partial charge in [0.2, 0.25) is 12.5 Å². The Morgan fingerprint density at radius 2 is 1.84 bits per heavy atom. The van der Waals surface area contributed by atoms with Crippen LogP contribution >= 0.6 is 0 Å². The van der Waals surface area contributed by atoms with Crippen LogP contribution in [0.2, 0.25) is 0 Å². The molecule has 1 aromatic heterocycles. The molecule has 3 aromatic rings. The number of methoxy groups -OCH3 is 3. The Balaban J connectivity index is 0.00000231. The fraction of sp³-hybridized carbons (Fsp3) is 0.304. The third-order valence-corrected chi connectivity index (χ3v) is 5.79. The van der Waals surface area contributed by atoms with Gasteiger partial charge in [0.05, 0.1) is 38.7 Å². The standard InChI is InChI=1S/C23H22NO6.BrH/c1-26-18-5-4-14-16(10-21(25)27-2)22-15-9-20-19(29-12-30-20)8-13(15)6-7-24(22)11-17(14)23(18)28-3;/h4-5,8-9,11H,6-7,10,12H2,1-3H3;1H/q+1;/p-1. The number of aromatic nitrogens is 1. The third-order valence-electron chi connectivity index (χ3n) is 5.79. The van der Waals surface area contributed by atoms with E-state index in [-0.39, 0.29) is 36.2 Å². The number of aryl methyl sites for hydroxylation is 2. The first-order valence-corrected chi connectivity index (χ1v) is 9.74. The molecule has 2 aliphatic heterocycles. The molecule has 0 radical (unpaired) electrons. The van der Waals surface area contributed by atoms with Crippen molar-refractivity contribution in [1.82, 2.24) is 0 Å². The van der Waals surface area contributed by atoms with Crippen LogP contribution in [0.4, 0.5) is 0 Å². The van der Waals surface area contributed by atoms with Crippen molar-refractivity contribution >= 4 is 16.7 Å². The molecular formula is C23H22BrNO6. The highest BCUT2D eigenvalue weighted by atomic mass is 79.9. The SMILES string of the molecule is COC(=O)Cc1c2[n+](cc3c(OC)c(OC)ccc13)CCc1cc3c(cc1-2)OCO3.[Br-]. The van der Waals surface area contributed by atoms with E-state index in [0.29, 0.717) is 11.5 Å². The Hall–Kier alpha value is -3.00. The Kier molecular flexibility index (Phi) is 5.66. The van der Waals surface area contributed by atoms with Crippen LogP contribution in [0.5, 0.6) is 23.0 Å². The number of benzene rings is 2.